The van der Waals surface area contributed by atoms with Crippen LogP contribution in [0.2, 0.25) is 0 Å². The Morgan fingerprint density at radius 3 is 2.40 bits per heavy atom. The van der Waals surface area contributed by atoms with Crippen molar-refractivity contribution in [1.82, 2.24) is 4.98 Å². The quantitative estimate of drug-likeness (QED) is 0.601. The van der Waals surface area contributed by atoms with Crippen LogP contribution in [0.15, 0.2) is 0 Å². The number of ketones is 1. The fraction of sp³-hybridized carbons (Fsp3) is 0.632. The van der Waals surface area contributed by atoms with Crippen LogP contribution in [0, 0.1) is 19.8 Å². The summed E-state index contributed by atoms with van der Waals surface area (Å²) in [6, 6.07) is 0. The molecular formula is C19H27NO5. The molecule has 1 aromatic heterocycles. The van der Waals surface area contributed by atoms with E-state index in [4.69, 9.17) is 9.47 Å². The predicted octanol–water partition coefficient (Wildman–Crippen LogP) is 3.50. The summed E-state index contributed by atoms with van der Waals surface area (Å²) in [4.78, 5) is 39.2. The molecule has 1 N–H and O–H groups in total. The van der Waals surface area contributed by atoms with Crippen molar-refractivity contribution < 1.29 is 23.9 Å². The van der Waals surface area contributed by atoms with E-state index >= 15 is 0 Å². The molecule has 25 heavy (non-hydrogen) atoms. The van der Waals surface area contributed by atoms with Crippen molar-refractivity contribution in [2.45, 2.75) is 59.3 Å². The molecule has 138 valence electrons. The lowest BCUT2D eigenvalue weighted by molar-refractivity contribution is -0.143. The Labute approximate surface area is 148 Å². The lowest BCUT2D eigenvalue weighted by atomic mass is 9.87. The van der Waals surface area contributed by atoms with Gasteiger partial charge in [-0.05, 0) is 45.1 Å². The first-order valence-corrected chi connectivity index (χ1v) is 8.99. The molecule has 1 saturated carbocycles. The SMILES string of the molecule is CCOC(=O)c1[nH]c(C)c(C(=O)COC(=O)CC2CCCCC2)c1C. The minimum atomic E-state index is -0.489. The van der Waals surface area contributed by atoms with Gasteiger partial charge in [-0.2, -0.15) is 0 Å². The fourth-order valence-corrected chi connectivity index (χ4v) is 3.48. The highest BCUT2D eigenvalue weighted by Gasteiger charge is 2.24. The average molecular weight is 349 g/mol. The molecule has 0 aliphatic heterocycles. The third kappa shape index (κ3) is 4.94. The lowest BCUT2D eigenvalue weighted by Gasteiger charge is -2.20. The van der Waals surface area contributed by atoms with Gasteiger partial charge in [-0.25, -0.2) is 4.79 Å². The number of nitrogens with one attached hydrogen (secondary N) is 1. The zero-order chi connectivity index (χ0) is 18.4. The Morgan fingerprint density at radius 1 is 1.08 bits per heavy atom. The van der Waals surface area contributed by atoms with Crippen LogP contribution < -0.4 is 0 Å². The molecule has 0 radical (unpaired) electrons. The molecule has 2 rings (SSSR count). The fourth-order valence-electron chi connectivity index (χ4n) is 3.48. The number of hydrogen-bond acceptors (Lipinski definition) is 5. The number of rotatable bonds is 7. The van der Waals surface area contributed by atoms with E-state index < -0.39 is 5.97 Å². The summed E-state index contributed by atoms with van der Waals surface area (Å²) in [7, 11) is 0. The van der Waals surface area contributed by atoms with E-state index in [0.717, 1.165) is 25.7 Å². The Kier molecular flexibility index (Phi) is 6.79. The van der Waals surface area contributed by atoms with Gasteiger partial charge in [-0.3, -0.25) is 9.59 Å². The minimum Gasteiger partial charge on any atom is -0.461 e. The van der Waals surface area contributed by atoms with Gasteiger partial charge in [0.25, 0.3) is 0 Å². The van der Waals surface area contributed by atoms with Crippen LogP contribution in [-0.4, -0.2) is 35.9 Å². The first-order chi connectivity index (χ1) is 11.9. The summed E-state index contributed by atoms with van der Waals surface area (Å²) in [6.07, 6.45) is 6.06. The highest BCUT2D eigenvalue weighted by molar-refractivity contribution is 6.03. The molecule has 0 aromatic carbocycles. The Morgan fingerprint density at radius 2 is 1.76 bits per heavy atom. The molecule has 0 unspecified atom stereocenters. The summed E-state index contributed by atoms with van der Waals surface area (Å²) >= 11 is 0. The van der Waals surface area contributed by atoms with Gasteiger partial charge in [-0.15, -0.1) is 0 Å². The standard InChI is InChI=1S/C19H27NO5/c1-4-24-19(23)18-12(2)17(13(3)20-18)15(21)11-25-16(22)10-14-8-6-5-7-9-14/h14,20H,4-11H2,1-3H3. The van der Waals surface area contributed by atoms with Gasteiger partial charge < -0.3 is 14.5 Å². The maximum Gasteiger partial charge on any atom is 0.355 e. The Bertz CT molecular complexity index is 640. The molecule has 0 atom stereocenters. The second-order valence-electron chi connectivity index (χ2n) is 6.64. The number of ether oxygens (including phenoxy) is 2. The van der Waals surface area contributed by atoms with E-state index in [2.05, 4.69) is 4.98 Å². The number of hydrogen-bond donors (Lipinski definition) is 1. The van der Waals surface area contributed by atoms with E-state index in [1.165, 1.54) is 6.42 Å². The summed E-state index contributed by atoms with van der Waals surface area (Å²) in [6.45, 7) is 5.09. The zero-order valence-corrected chi connectivity index (χ0v) is 15.3. The molecule has 1 aliphatic rings. The highest BCUT2D eigenvalue weighted by Crippen LogP contribution is 2.26. The average Bonchev–Trinajstić information content (AvgIpc) is 2.88. The molecular weight excluding hydrogens is 322 g/mol. The van der Waals surface area contributed by atoms with Crippen molar-refractivity contribution in [2.75, 3.05) is 13.2 Å². The van der Waals surface area contributed by atoms with Crippen molar-refractivity contribution in [1.29, 1.82) is 0 Å². The van der Waals surface area contributed by atoms with Crippen LogP contribution in [0.1, 0.15) is 77.6 Å². The number of carbonyl (C=O) groups excluding carboxylic acids is 3. The number of Topliss-reactive ketones (excluding diaryl/α,β-unsaturated/α-hetero) is 1. The topological polar surface area (TPSA) is 85.5 Å². The summed E-state index contributed by atoms with van der Waals surface area (Å²) in [5.41, 5.74) is 1.78. The number of H-pyrrole nitrogens is 1. The van der Waals surface area contributed by atoms with Gasteiger partial charge in [0.15, 0.2) is 6.61 Å². The number of aromatic amines is 1. The van der Waals surface area contributed by atoms with Crippen molar-refractivity contribution >= 4 is 17.7 Å². The number of aryl methyl sites for hydroxylation is 1. The molecule has 1 fully saturated rings. The van der Waals surface area contributed by atoms with Crippen molar-refractivity contribution in [3.05, 3.63) is 22.5 Å². The van der Waals surface area contributed by atoms with Crippen molar-refractivity contribution in [3.63, 3.8) is 0 Å². The van der Waals surface area contributed by atoms with Crippen LogP contribution in [0.5, 0.6) is 0 Å². The second-order valence-corrected chi connectivity index (χ2v) is 6.64. The van der Waals surface area contributed by atoms with Crippen LogP contribution in [0.25, 0.3) is 0 Å². The van der Waals surface area contributed by atoms with E-state index in [1.807, 2.05) is 0 Å². The molecule has 1 aliphatic carbocycles. The number of aromatic nitrogens is 1. The van der Waals surface area contributed by atoms with Gasteiger partial charge in [0.1, 0.15) is 5.69 Å². The summed E-state index contributed by atoms with van der Waals surface area (Å²) in [5, 5.41) is 0. The van der Waals surface area contributed by atoms with E-state index in [-0.39, 0.29) is 30.7 Å². The predicted molar refractivity (Wildman–Crippen MR) is 92.7 cm³/mol. The Balaban J connectivity index is 1.94. The molecule has 6 heteroatoms. The van der Waals surface area contributed by atoms with Gasteiger partial charge in [-0.1, -0.05) is 19.3 Å². The third-order valence-electron chi connectivity index (χ3n) is 4.74. The second kappa shape index (κ2) is 8.83. The van der Waals surface area contributed by atoms with E-state index in [9.17, 15) is 14.4 Å². The van der Waals surface area contributed by atoms with Gasteiger partial charge in [0, 0.05) is 17.7 Å². The maximum atomic E-state index is 12.4. The highest BCUT2D eigenvalue weighted by atomic mass is 16.5. The molecule has 1 aromatic rings. The monoisotopic (exact) mass is 349 g/mol. The molecule has 0 spiro atoms. The first kappa shape index (κ1) is 19.2. The van der Waals surface area contributed by atoms with Crippen LogP contribution >= 0.6 is 0 Å². The molecule has 6 nitrogen and oxygen atoms in total. The normalized spacial score (nSPS) is 15.0. The number of carbonyl (C=O) groups is 3. The van der Waals surface area contributed by atoms with Crippen LogP contribution in [-0.2, 0) is 14.3 Å². The summed E-state index contributed by atoms with van der Waals surface area (Å²) < 4.78 is 10.1. The largest absolute Gasteiger partial charge is 0.461 e. The van der Waals surface area contributed by atoms with Crippen LogP contribution in [0.4, 0.5) is 0 Å². The molecule has 0 amide bonds. The van der Waals surface area contributed by atoms with Gasteiger partial charge in [0.05, 0.1) is 6.61 Å². The Hall–Kier alpha value is -2.11. The van der Waals surface area contributed by atoms with Crippen LogP contribution in [0.3, 0.4) is 0 Å². The first-order valence-electron chi connectivity index (χ1n) is 8.99. The van der Waals surface area contributed by atoms with Crippen molar-refractivity contribution in [2.24, 2.45) is 5.92 Å². The lowest BCUT2D eigenvalue weighted by Crippen LogP contribution is -2.19. The molecule has 0 saturated heterocycles. The zero-order valence-electron chi connectivity index (χ0n) is 15.3. The van der Waals surface area contributed by atoms with Crippen molar-refractivity contribution in [3.8, 4) is 0 Å². The molecule has 0 bridgehead atoms. The minimum absolute atomic E-state index is 0.262. The maximum absolute atomic E-state index is 12.4. The van der Waals surface area contributed by atoms with E-state index in [0.29, 0.717) is 29.2 Å². The van der Waals surface area contributed by atoms with E-state index in [1.54, 1.807) is 20.8 Å². The van der Waals surface area contributed by atoms with Gasteiger partial charge in [0.2, 0.25) is 5.78 Å². The third-order valence-corrected chi connectivity index (χ3v) is 4.74. The summed E-state index contributed by atoms with van der Waals surface area (Å²) in [5.74, 6) is -0.741. The number of esters is 2. The molecule has 1 heterocycles. The smallest absolute Gasteiger partial charge is 0.355 e. The van der Waals surface area contributed by atoms with Gasteiger partial charge >= 0.3 is 11.9 Å².